The van der Waals surface area contributed by atoms with Crippen molar-refractivity contribution in [1.29, 1.82) is 0 Å². The Morgan fingerprint density at radius 2 is 2.24 bits per heavy atom. The van der Waals surface area contributed by atoms with Gasteiger partial charge in [-0.3, -0.25) is 10.1 Å². The van der Waals surface area contributed by atoms with E-state index in [2.05, 4.69) is 16.0 Å². The first kappa shape index (κ1) is 16.7. The molecular formula is C12H18ClN3O3S2. The van der Waals surface area contributed by atoms with Crippen LogP contribution in [0.3, 0.4) is 0 Å². The monoisotopic (exact) mass is 351 g/mol. The molecule has 3 N–H and O–H groups in total. The van der Waals surface area contributed by atoms with E-state index in [1.165, 1.54) is 17.6 Å². The lowest BCUT2D eigenvalue weighted by Gasteiger charge is -2.19. The molecule has 6 nitrogen and oxygen atoms in total. The van der Waals surface area contributed by atoms with Gasteiger partial charge in [-0.2, -0.15) is 0 Å². The van der Waals surface area contributed by atoms with Crippen molar-refractivity contribution >= 4 is 38.7 Å². The van der Waals surface area contributed by atoms with E-state index >= 15 is 0 Å². The maximum Gasteiger partial charge on any atom is 0.261 e. The Labute approximate surface area is 133 Å². The Morgan fingerprint density at radius 3 is 2.86 bits per heavy atom. The van der Waals surface area contributed by atoms with Crippen molar-refractivity contribution in [3.05, 3.63) is 21.3 Å². The number of rotatable bonds is 6. The van der Waals surface area contributed by atoms with Gasteiger partial charge in [-0.05, 0) is 12.1 Å². The molecule has 1 aromatic rings. The summed E-state index contributed by atoms with van der Waals surface area (Å²) in [7, 11) is -3.05. The Balaban J connectivity index is 1.82. The van der Waals surface area contributed by atoms with Crippen LogP contribution >= 0.6 is 22.9 Å². The number of amides is 1. The molecule has 1 fully saturated rings. The van der Waals surface area contributed by atoms with E-state index in [0.717, 1.165) is 6.54 Å². The van der Waals surface area contributed by atoms with Crippen LogP contribution in [0.1, 0.15) is 9.67 Å². The molecule has 2 atom stereocenters. The summed E-state index contributed by atoms with van der Waals surface area (Å²) >= 11 is 7.04. The summed E-state index contributed by atoms with van der Waals surface area (Å²) in [5.41, 5.74) is 0. The number of halogens is 1. The Morgan fingerprint density at radius 1 is 1.48 bits per heavy atom. The van der Waals surface area contributed by atoms with Crippen LogP contribution in [0, 0.1) is 5.92 Å². The van der Waals surface area contributed by atoms with Crippen molar-refractivity contribution in [3.63, 3.8) is 0 Å². The van der Waals surface area contributed by atoms with Crippen LogP contribution in [0.15, 0.2) is 12.1 Å². The van der Waals surface area contributed by atoms with Gasteiger partial charge in [0.1, 0.15) is 0 Å². The van der Waals surface area contributed by atoms with Gasteiger partial charge in [0.05, 0.1) is 15.1 Å². The summed E-state index contributed by atoms with van der Waals surface area (Å²) in [5.74, 6) is -0.0450. The molecule has 0 saturated carbocycles. The lowest BCUT2D eigenvalue weighted by Crippen LogP contribution is -2.43. The van der Waals surface area contributed by atoms with Crippen molar-refractivity contribution in [2.45, 2.75) is 6.04 Å². The van der Waals surface area contributed by atoms with E-state index in [1.807, 2.05) is 0 Å². The minimum atomic E-state index is -3.05. The van der Waals surface area contributed by atoms with E-state index in [-0.39, 0.29) is 23.7 Å². The highest BCUT2D eigenvalue weighted by Crippen LogP contribution is 2.21. The van der Waals surface area contributed by atoms with Crippen molar-refractivity contribution in [3.8, 4) is 0 Å². The molecule has 0 aromatic carbocycles. The summed E-state index contributed by atoms with van der Waals surface area (Å²) in [6, 6.07) is 3.41. The van der Waals surface area contributed by atoms with E-state index < -0.39 is 9.84 Å². The standard InChI is InChI=1S/C12H18ClN3O3S2/c1-21(18,19)7-16-9-6-14-4-8(9)5-15-12(17)10-2-3-11(13)20-10/h2-3,8-9,14,16H,4-7H2,1H3,(H,15,17)/t8-,9?/m1/s1. The molecule has 1 amide bonds. The maximum absolute atomic E-state index is 11.9. The van der Waals surface area contributed by atoms with Gasteiger partial charge in [0, 0.05) is 37.8 Å². The summed E-state index contributed by atoms with van der Waals surface area (Å²) in [5, 5.41) is 9.08. The van der Waals surface area contributed by atoms with Crippen molar-refractivity contribution in [2.24, 2.45) is 5.92 Å². The van der Waals surface area contributed by atoms with Gasteiger partial charge in [0.15, 0.2) is 9.84 Å². The zero-order valence-corrected chi connectivity index (χ0v) is 13.9. The Hall–Kier alpha value is -0.670. The highest BCUT2D eigenvalue weighted by Gasteiger charge is 2.27. The van der Waals surface area contributed by atoms with Gasteiger partial charge >= 0.3 is 0 Å². The van der Waals surface area contributed by atoms with E-state index in [9.17, 15) is 13.2 Å². The van der Waals surface area contributed by atoms with Crippen LogP contribution in [-0.4, -0.2) is 52.1 Å². The van der Waals surface area contributed by atoms with Crippen molar-refractivity contribution < 1.29 is 13.2 Å². The number of carbonyl (C=O) groups excluding carboxylic acids is 1. The molecule has 2 heterocycles. The zero-order valence-electron chi connectivity index (χ0n) is 11.6. The Kier molecular flexibility index (Phi) is 5.61. The summed E-state index contributed by atoms with van der Waals surface area (Å²) < 4.78 is 22.9. The smallest absolute Gasteiger partial charge is 0.261 e. The second-order valence-corrected chi connectivity index (χ2v) is 8.97. The molecule has 1 aromatic heterocycles. The highest BCUT2D eigenvalue weighted by molar-refractivity contribution is 7.90. The SMILES string of the molecule is CS(=O)(=O)CNC1CNC[C@@H]1CNC(=O)c1ccc(Cl)s1. The van der Waals surface area contributed by atoms with Crippen molar-refractivity contribution in [1.82, 2.24) is 16.0 Å². The number of thiophene rings is 1. The number of nitrogens with one attached hydrogen (secondary N) is 3. The van der Waals surface area contributed by atoms with E-state index in [1.54, 1.807) is 12.1 Å². The molecule has 0 spiro atoms. The number of sulfone groups is 1. The summed E-state index contributed by atoms with van der Waals surface area (Å²) in [6.07, 6.45) is 1.19. The minimum Gasteiger partial charge on any atom is -0.351 e. The number of hydrogen-bond acceptors (Lipinski definition) is 6. The predicted molar refractivity (Wildman–Crippen MR) is 84.7 cm³/mol. The molecule has 21 heavy (non-hydrogen) atoms. The fraction of sp³-hybridized carbons (Fsp3) is 0.583. The highest BCUT2D eigenvalue weighted by atomic mass is 35.5. The normalized spacial score (nSPS) is 22.4. The molecule has 9 heteroatoms. The summed E-state index contributed by atoms with van der Waals surface area (Å²) in [6.45, 7) is 1.93. The van der Waals surface area contributed by atoms with Crippen LogP contribution in [0.4, 0.5) is 0 Å². The fourth-order valence-corrected chi connectivity index (χ4v) is 3.67. The third-order valence-electron chi connectivity index (χ3n) is 3.27. The first-order chi connectivity index (χ1) is 9.85. The molecule has 0 aliphatic carbocycles. The second kappa shape index (κ2) is 7.06. The van der Waals surface area contributed by atoms with Gasteiger partial charge in [-0.25, -0.2) is 8.42 Å². The predicted octanol–water partition coefficient (Wildman–Crippen LogP) is 0.311. The molecule has 1 aliphatic heterocycles. The topological polar surface area (TPSA) is 87.3 Å². The lowest BCUT2D eigenvalue weighted by molar-refractivity contribution is 0.0950. The third-order valence-corrected chi connectivity index (χ3v) is 5.19. The molecule has 0 radical (unpaired) electrons. The first-order valence-corrected chi connectivity index (χ1v) is 9.76. The second-order valence-electron chi connectivity index (χ2n) is 5.11. The quantitative estimate of drug-likeness (QED) is 0.686. The third kappa shape index (κ3) is 5.23. The van der Waals surface area contributed by atoms with Gasteiger partial charge in [-0.15, -0.1) is 11.3 Å². The van der Waals surface area contributed by atoms with Gasteiger partial charge in [0.25, 0.3) is 5.91 Å². The first-order valence-electron chi connectivity index (χ1n) is 6.50. The van der Waals surface area contributed by atoms with Gasteiger partial charge in [-0.1, -0.05) is 11.6 Å². The lowest BCUT2D eigenvalue weighted by atomic mass is 10.0. The van der Waals surface area contributed by atoms with Gasteiger partial charge < -0.3 is 10.6 Å². The Bertz CT molecular complexity index is 603. The maximum atomic E-state index is 11.9. The van der Waals surface area contributed by atoms with E-state index in [0.29, 0.717) is 22.3 Å². The zero-order chi connectivity index (χ0) is 15.5. The largest absolute Gasteiger partial charge is 0.351 e. The van der Waals surface area contributed by atoms with Crippen LogP contribution in [0.2, 0.25) is 4.34 Å². The van der Waals surface area contributed by atoms with Crippen LogP contribution < -0.4 is 16.0 Å². The fourth-order valence-electron chi connectivity index (χ4n) is 2.19. The minimum absolute atomic E-state index is 0.0342. The molecule has 0 bridgehead atoms. The van der Waals surface area contributed by atoms with Crippen LogP contribution in [-0.2, 0) is 9.84 Å². The molecule has 1 saturated heterocycles. The van der Waals surface area contributed by atoms with E-state index in [4.69, 9.17) is 11.6 Å². The molecular weight excluding hydrogens is 334 g/mol. The van der Waals surface area contributed by atoms with Crippen LogP contribution in [0.25, 0.3) is 0 Å². The van der Waals surface area contributed by atoms with Crippen LogP contribution in [0.5, 0.6) is 0 Å². The number of carbonyl (C=O) groups is 1. The van der Waals surface area contributed by atoms with Gasteiger partial charge in [0.2, 0.25) is 0 Å². The molecule has 118 valence electrons. The van der Waals surface area contributed by atoms with Crippen molar-refractivity contribution in [2.75, 3.05) is 31.8 Å². The molecule has 1 aliphatic rings. The summed E-state index contributed by atoms with van der Waals surface area (Å²) in [4.78, 5) is 12.5. The average Bonchev–Trinajstić information content (AvgIpc) is 3.01. The number of hydrogen-bond donors (Lipinski definition) is 3. The molecule has 1 unspecified atom stereocenters. The average molecular weight is 352 g/mol. The molecule has 2 rings (SSSR count).